The Kier molecular flexibility index (Phi) is 5.40. The summed E-state index contributed by atoms with van der Waals surface area (Å²) in [5.74, 6) is 0.984. The lowest BCUT2D eigenvalue weighted by Crippen LogP contribution is -2.33. The van der Waals surface area contributed by atoms with Gasteiger partial charge in [0, 0.05) is 0 Å². The van der Waals surface area contributed by atoms with Gasteiger partial charge < -0.3 is 10.1 Å². The first kappa shape index (κ1) is 15.6. The largest absolute Gasteiger partial charge is 0.488 e. The summed E-state index contributed by atoms with van der Waals surface area (Å²) >= 11 is 0. The van der Waals surface area contributed by atoms with Gasteiger partial charge in [0.05, 0.1) is 6.04 Å². The third kappa shape index (κ3) is 3.64. The SMILES string of the molecule is CCC(Oc1cccc(C)c1C)C(NC)c1ccccc1. The summed E-state index contributed by atoms with van der Waals surface area (Å²) in [5, 5.41) is 3.40. The zero-order valence-electron chi connectivity index (χ0n) is 13.4. The van der Waals surface area contributed by atoms with Crippen LogP contribution in [-0.4, -0.2) is 13.2 Å². The second-order valence-electron chi connectivity index (χ2n) is 5.44. The van der Waals surface area contributed by atoms with Gasteiger partial charge in [0.1, 0.15) is 11.9 Å². The molecule has 0 heterocycles. The average molecular weight is 283 g/mol. The van der Waals surface area contributed by atoms with Crippen LogP contribution in [0.15, 0.2) is 48.5 Å². The van der Waals surface area contributed by atoms with Gasteiger partial charge in [-0.15, -0.1) is 0 Å². The van der Waals surface area contributed by atoms with Crippen LogP contribution in [0.25, 0.3) is 0 Å². The van der Waals surface area contributed by atoms with Crippen LogP contribution in [0.3, 0.4) is 0 Å². The molecule has 0 fully saturated rings. The van der Waals surface area contributed by atoms with Crippen LogP contribution in [0.1, 0.15) is 36.1 Å². The van der Waals surface area contributed by atoms with Crippen molar-refractivity contribution in [1.82, 2.24) is 5.32 Å². The molecule has 2 heteroatoms. The van der Waals surface area contributed by atoms with Gasteiger partial charge in [-0.1, -0.05) is 49.4 Å². The van der Waals surface area contributed by atoms with Crippen molar-refractivity contribution in [2.45, 2.75) is 39.3 Å². The van der Waals surface area contributed by atoms with Crippen molar-refractivity contribution < 1.29 is 4.74 Å². The molecule has 21 heavy (non-hydrogen) atoms. The predicted molar refractivity (Wildman–Crippen MR) is 88.9 cm³/mol. The molecule has 0 aliphatic rings. The van der Waals surface area contributed by atoms with E-state index < -0.39 is 0 Å². The van der Waals surface area contributed by atoms with Gasteiger partial charge in [0.25, 0.3) is 0 Å². The first-order valence-corrected chi connectivity index (χ1v) is 7.62. The zero-order valence-corrected chi connectivity index (χ0v) is 13.4. The molecular formula is C19H25NO. The van der Waals surface area contributed by atoms with E-state index in [9.17, 15) is 0 Å². The quantitative estimate of drug-likeness (QED) is 0.847. The molecule has 0 aliphatic heterocycles. The van der Waals surface area contributed by atoms with Gasteiger partial charge in [-0.25, -0.2) is 0 Å². The maximum absolute atomic E-state index is 6.32. The molecule has 2 unspecified atom stereocenters. The van der Waals surface area contributed by atoms with Crippen molar-refractivity contribution in [2.75, 3.05) is 7.05 Å². The monoisotopic (exact) mass is 283 g/mol. The fraction of sp³-hybridized carbons (Fsp3) is 0.368. The Hall–Kier alpha value is -1.80. The molecule has 0 bridgehead atoms. The molecule has 2 rings (SSSR count). The summed E-state index contributed by atoms with van der Waals surface area (Å²) < 4.78 is 6.32. The van der Waals surface area contributed by atoms with Crippen molar-refractivity contribution in [2.24, 2.45) is 0 Å². The number of aryl methyl sites for hydroxylation is 1. The summed E-state index contributed by atoms with van der Waals surface area (Å²) in [7, 11) is 1.99. The normalized spacial score (nSPS) is 13.7. The molecule has 112 valence electrons. The van der Waals surface area contributed by atoms with Crippen LogP contribution in [0.5, 0.6) is 5.75 Å². The van der Waals surface area contributed by atoms with Gasteiger partial charge in [-0.05, 0) is 50.1 Å². The highest BCUT2D eigenvalue weighted by atomic mass is 16.5. The molecule has 2 aromatic rings. The topological polar surface area (TPSA) is 21.3 Å². The molecule has 0 radical (unpaired) electrons. The van der Waals surface area contributed by atoms with Crippen LogP contribution < -0.4 is 10.1 Å². The summed E-state index contributed by atoms with van der Waals surface area (Å²) in [6.07, 6.45) is 1.06. The van der Waals surface area contributed by atoms with Crippen molar-refractivity contribution in [1.29, 1.82) is 0 Å². The highest BCUT2D eigenvalue weighted by Crippen LogP contribution is 2.27. The third-order valence-corrected chi connectivity index (χ3v) is 4.08. The van der Waals surface area contributed by atoms with Crippen molar-refractivity contribution >= 4 is 0 Å². The maximum Gasteiger partial charge on any atom is 0.122 e. The van der Waals surface area contributed by atoms with Crippen LogP contribution in [0.2, 0.25) is 0 Å². The van der Waals surface area contributed by atoms with E-state index in [1.807, 2.05) is 13.1 Å². The Morgan fingerprint density at radius 1 is 1.00 bits per heavy atom. The van der Waals surface area contributed by atoms with E-state index in [4.69, 9.17) is 4.74 Å². The standard InChI is InChI=1S/C19H25NO/c1-5-17(19(20-4)16-11-7-6-8-12-16)21-18-13-9-10-14(2)15(18)3/h6-13,17,19-20H,5H2,1-4H3. The molecule has 0 saturated heterocycles. The van der Waals surface area contributed by atoms with Crippen molar-refractivity contribution in [3.8, 4) is 5.75 Å². The smallest absolute Gasteiger partial charge is 0.122 e. The minimum atomic E-state index is 0.109. The third-order valence-electron chi connectivity index (χ3n) is 4.08. The van der Waals surface area contributed by atoms with Gasteiger partial charge >= 0.3 is 0 Å². The maximum atomic E-state index is 6.32. The van der Waals surface area contributed by atoms with Gasteiger partial charge in [-0.2, -0.15) is 0 Å². The molecule has 2 nitrogen and oxygen atoms in total. The number of ether oxygens (including phenoxy) is 1. The summed E-state index contributed by atoms with van der Waals surface area (Å²) in [6, 6.07) is 16.9. The highest BCUT2D eigenvalue weighted by molar-refractivity contribution is 5.38. The number of nitrogens with one attached hydrogen (secondary N) is 1. The number of benzene rings is 2. The summed E-state index contributed by atoms with van der Waals surface area (Å²) in [5.41, 5.74) is 3.75. The number of likely N-dealkylation sites (N-methyl/N-ethyl adjacent to an activating group) is 1. The predicted octanol–water partition coefficient (Wildman–Crippen LogP) is 4.42. The zero-order chi connectivity index (χ0) is 15.2. The Morgan fingerprint density at radius 3 is 2.33 bits per heavy atom. The van der Waals surface area contributed by atoms with E-state index in [1.165, 1.54) is 16.7 Å². The second kappa shape index (κ2) is 7.28. The van der Waals surface area contributed by atoms with E-state index in [0.717, 1.165) is 12.2 Å². The minimum Gasteiger partial charge on any atom is -0.488 e. The average Bonchev–Trinajstić information content (AvgIpc) is 2.52. The molecule has 0 spiro atoms. The lowest BCUT2D eigenvalue weighted by atomic mass is 9.99. The van der Waals surface area contributed by atoms with Crippen LogP contribution in [-0.2, 0) is 0 Å². The van der Waals surface area contributed by atoms with E-state index in [1.54, 1.807) is 0 Å². The summed E-state index contributed by atoms with van der Waals surface area (Å²) in [4.78, 5) is 0. The van der Waals surface area contributed by atoms with Gasteiger partial charge in [0.2, 0.25) is 0 Å². The van der Waals surface area contributed by atoms with E-state index in [2.05, 4.69) is 68.6 Å². The molecule has 0 aliphatic carbocycles. The molecule has 2 atom stereocenters. The fourth-order valence-corrected chi connectivity index (χ4v) is 2.63. The minimum absolute atomic E-state index is 0.109. The van der Waals surface area contributed by atoms with Gasteiger partial charge in [-0.3, -0.25) is 0 Å². The van der Waals surface area contributed by atoms with Crippen LogP contribution >= 0.6 is 0 Å². The van der Waals surface area contributed by atoms with Crippen LogP contribution in [0, 0.1) is 13.8 Å². The Balaban J connectivity index is 2.24. The first-order valence-electron chi connectivity index (χ1n) is 7.62. The van der Waals surface area contributed by atoms with E-state index in [0.29, 0.717) is 0 Å². The van der Waals surface area contributed by atoms with Crippen molar-refractivity contribution in [3.63, 3.8) is 0 Å². The van der Waals surface area contributed by atoms with E-state index in [-0.39, 0.29) is 12.1 Å². The lowest BCUT2D eigenvalue weighted by Gasteiger charge is -2.28. The molecule has 0 saturated carbocycles. The van der Waals surface area contributed by atoms with Crippen LogP contribution in [0.4, 0.5) is 0 Å². The second-order valence-corrected chi connectivity index (χ2v) is 5.44. The Bertz CT molecular complexity index is 565. The molecule has 0 amide bonds. The number of hydrogen-bond acceptors (Lipinski definition) is 2. The molecule has 0 aromatic heterocycles. The van der Waals surface area contributed by atoms with Gasteiger partial charge in [0.15, 0.2) is 0 Å². The fourth-order valence-electron chi connectivity index (χ4n) is 2.63. The Morgan fingerprint density at radius 2 is 1.71 bits per heavy atom. The highest BCUT2D eigenvalue weighted by Gasteiger charge is 2.22. The summed E-state index contributed by atoms with van der Waals surface area (Å²) in [6.45, 7) is 6.41. The molecule has 2 aromatic carbocycles. The molecular weight excluding hydrogens is 258 g/mol. The first-order chi connectivity index (χ1) is 10.2. The number of rotatable bonds is 6. The van der Waals surface area contributed by atoms with E-state index >= 15 is 0 Å². The number of hydrogen-bond donors (Lipinski definition) is 1. The van der Waals surface area contributed by atoms with Crippen molar-refractivity contribution in [3.05, 3.63) is 65.2 Å². The Labute approximate surface area is 128 Å². The molecule has 1 N–H and O–H groups in total. The lowest BCUT2D eigenvalue weighted by molar-refractivity contribution is 0.151.